The number of carbonyl (C=O) groups excluding carboxylic acids is 1. The van der Waals surface area contributed by atoms with Crippen molar-refractivity contribution in [3.05, 3.63) is 35.3 Å². The van der Waals surface area contributed by atoms with E-state index in [4.69, 9.17) is 0 Å². The van der Waals surface area contributed by atoms with Crippen LogP contribution in [0.4, 0.5) is 5.13 Å². The fourth-order valence-corrected chi connectivity index (χ4v) is 3.61. The van der Waals surface area contributed by atoms with Crippen molar-refractivity contribution < 1.29 is 9.90 Å². The molecule has 0 bridgehead atoms. The van der Waals surface area contributed by atoms with Gasteiger partial charge in [-0.3, -0.25) is 9.69 Å². The Morgan fingerprint density at radius 2 is 2.11 bits per heavy atom. The van der Waals surface area contributed by atoms with Gasteiger partial charge in [-0.15, -0.1) is 22.0 Å². The summed E-state index contributed by atoms with van der Waals surface area (Å²) in [6, 6.07) is 6.88. The second-order valence-electron chi connectivity index (χ2n) is 3.74. The van der Waals surface area contributed by atoms with Crippen molar-refractivity contribution in [3.63, 3.8) is 0 Å². The molecular weight excluding hydrogens is 270 g/mol. The minimum absolute atomic E-state index is 0.0369. The second kappa shape index (κ2) is 4.58. The molecule has 1 atom stereocenters. The zero-order chi connectivity index (χ0) is 12.5. The fraction of sp³-hybridized carbons (Fsp3) is 0.182. The predicted octanol–water partition coefficient (Wildman–Crippen LogP) is 2.02. The zero-order valence-corrected chi connectivity index (χ0v) is 10.8. The molecule has 2 aromatic rings. The molecule has 1 aromatic carbocycles. The van der Waals surface area contributed by atoms with Gasteiger partial charge in [-0.25, -0.2) is 0 Å². The van der Waals surface area contributed by atoms with Crippen molar-refractivity contribution in [2.45, 2.75) is 5.37 Å². The van der Waals surface area contributed by atoms with E-state index in [2.05, 4.69) is 10.2 Å². The predicted molar refractivity (Wildman–Crippen MR) is 70.7 cm³/mol. The lowest BCUT2D eigenvalue weighted by Gasteiger charge is -2.20. The number of nitrogens with zero attached hydrogens (tertiary/aromatic N) is 3. The maximum atomic E-state index is 11.9. The molecule has 3 rings (SSSR count). The maximum absolute atomic E-state index is 11.9. The molecule has 0 aliphatic carbocycles. The highest BCUT2D eigenvalue weighted by molar-refractivity contribution is 8.00. The molecule has 0 unspecified atom stereocenters. The number of carbonyl (C=O) groups is 1. The Kier molecular flexibility index (Phi) is 2.92. The van der Waals surface area contributed by atoms with Crippen LogP contribution in [0.1, 0.15) is 10.9 Å². The van der Waals surface area contributed by atoms with Crippen LogP contribution in [0, 0.1) is 0 Å². The number of benzene rings is 1. The van der Waals surface area contributed by atoms with Crippen molar-refractivity contribution in [2.75, 3.05) is 10.7 Å². The monoisotopic (exact) mass is 279 g/mol. The quantitative estimate of drug-likeness (QED) is 0.911. The molecule has 1 aliphatic heterocycles. The maximum Gasteiger partial charge on any atom is 0.240 e. The molecule has 18 heavy (non-hydrogen) atoms. The van der Waals surface area contributed by atoms with Crippen LogP contribution in [0.15, 0.2) is 29.8 Å². The van der Waals surface area contributed by atoms with Crippen molar-refractivity contribution in [1.82, 2.24) is 10.2 Å². The molecule has 5 nitrogen and oxygen atoms in total. The van der Waals surface area contributed by atoms with E-state index in [9.17, 15) is 9.90 Å². The molecule has 7 heteroatoms. The highest BCUT2D eigenvalue weighted by Gasteiger charge is 2.35. The Balaban J connectivity index is 1.96. The van der Waals surface area contributed by atoms with Gasteiger partial charge in [0, 0.05) is 0 Å². The Labute approximate surface area is 111 Å². The van der Waals surface area contributed by atoms with E-state index in [1.165, 1.54) is 11.3 Å². The lowest BCUT2D eigenvalue weighted by Crippen LogP contribution is -2.27. The van der Waals surface area contributed by atoms with Gasteiger partial charge in [0.25, 0.3) is 0 Å². The van der Waals surface area contributed by atoms with E-state index in [0.29, 0.717) is 10.9 Å². The molecule has 0 spiro atoms. The summed E-state index contributed by atoms with van der Waals surface area (Å²) in [4.78, 5) is 13.6. The molecular formula is C11H9N3O2S2. The smallest absolute Gasteiger partial charge is 0.240 e. The van der Waals surface area contributed by atoms with Gasteiger partial charge in [-0.2, -0.15) is 0 Å². The van der Waals surface area contributed by atoms with E-state index in [0.717, 1.165) is 5.56 Å². The zero-order valence-electron chi connectivity index (χ0n) is 9.18. The van der Waals surface area contributed by atoms with Crippen LogP contribution in [0.25, 0.3) is 0 Å². The van der Waals surface area contributed by atoms with Crippen LogP contribution in [-0.4, -0.2) is 27.0 Å². The first-order chi connectivity index (χ1) is 8.75. The highest BCUT2D eigenvalue weighted by atomic mass is 32.2. The third kappa shape index (κ3) is 1.95. The summed E-state index contributed by atoms with van der Waals surface area (Å²) < 4.78 is 0. The van der Waals surface area contributed by atoms with Gasteiger partial charge < -0.3 is 5.11 Å². The van der Waals surface area contributed by atoms with Crippen LogP contribution in [-0.2, 0) is 4.79 Å². The molecule has 2 heterocycles. The topological polar surface area (TPSA) is 66.3 Å². The first-order valence-corrected chi connectivity index (χ1v) is 7.17. The minimum Gasteiger partial charge on any atom is -0.508 e. The number of amides is 1. The number of hydrogen-bond acceptors (Lipinski definition) is 6. The molecule has 1 amide bonds. The molecule has 0 radical (unpaired) electrons. The standard InChI is InChI=1S/C11H9N3O2S2/c15-8-3-1-7(2-4-8)10-14(9(16)5-17-10)11-13-12-6-18-11/h1-4,6,10,15H,5H2/t10-/m1/s1. The summed E-state index contributed by atoms with van der Waals surface area (Å²) in [5.74, 6) is 0.691. The van der Waals surface area contributed by atoms with Crippen LogP contribution in [0.3, 0.4) is 0 Å². The van der Waals surface area contributed by atoms with Gasteiger partial charge in [0.15, 0.2) is 0 Å². The summed E-state index contributed by atoms with van der Waals surface area (Å²) in [7, 11) is 0. The van der Waals surface area contributed by atoms with Crippen molar-refractivity contribution in [1.29, 1.82) is 0 Å². The number of aromatic nitrogens is 2. The van der Waals surface area contributed by atoms with Crippen molar-refractivity contribution in [3.8, 4) is 5.75 Å². The minimum atomic E-state index is -0.0916. The van der Waals surface area contributed by atoms with E-state index >= 15 is 0 Å². The lowest BCUT2D eigenvalue weighted by atomic mass is 10.2. The second-order valence-corrected chi connectivity index (χ2v) is 5.62. The number of phenols is 1. The first-order valence-electron chi connectivity index (χ1n) is 5.24. The van der Waals surface area contributed by atoms with E-state index in [-0.39, 0.29) is 17.0 Å². The van der Waals surface area contributed by atoms with Gasteiger partial charge in [0.05, 0.1) is 5.75 Å². The summed E-state index contributed by atoms with van der Waals surface area (Å²) in [5.41, 5.74) is 2.58. The largest absolute Gasteiger partial charge is 0.508 e. The Morgan fingerprint density at radius 1 is 1.33 bits per heavy atom. The number of aromatic hydroxyl groups is 1. The van der Waals surface area contributed by atoms with Crippen molar-refractivity contribution in [2.24, 2.45) is 0 Å². The van der Waals surface area contributed by atoms with Crippen molar-refractivity contribution >= 4 is 34.1 Å². The van der Waals surface area contributed by atoms with Gasteiger partial charge >= 0.3 is 0 Å². The summed E-state index contributed by atoms with van der Waals surface area (Å²) in [6.07, 6.45) is 0. The first kappa shape index (κ1) is 11.5. The number of thioether (sulfide) groups is 1. The highest BCUT2D eigenvalue weighted by Crippen LogP contribution is 2.42. The average molecular weight is 279 g/mol. The molecule has 1 aromatic heterocycles. The molecule has 0 saturated carbocycles. The van der Waals surface area contributed by atoms with E-state index in [1.54, 1.807) is 34.3 Å². The van der Waals surface area contributed by atoms with Crippen LogP contribution in [0.2, 0.25) is 0 Å². The number of rotatable bonds is 2. The lowest BCUT2D eigenvalue weighted by molar-refractivity contribution is -0.115. The van der Waals surface area contributed by atoms with Gasteiger partial charge in [0.2, 0.25) is 11.0 Å². The summed E-state index contributed by atoms with van der Waals surface area (Å²) in [6.45, 7) is 0. The van der Waals surface area contributed by atoms with Gasteiger partial charge in [-0.1, -0.05) is 23.5 Å². The van der Waals surface area contributed by atoms with Gasteiger partial charge in [0.1, 0.15) is 16.6 Å². The normalized spacial score (nSPS) is 19.4. The van der Waals surface area contributed by atoms with Crippen LogP contribution in [0.5, 0.6) is 5.75 Å². The Morgan fingerprint density at radius 3 is 2.78 bits per heavy atom. The molecule has 1 N–H and O–H groups in total. The number of phenolic OH excluding ortho intramolecular Hbond substituents is 1. The van der Waals surface area contributed by atoms with Gasteiger partial charge in [-0.05, 0) is 17.7 Å². The number of anilines is 1. The molecule has 1 fully saturated rings. The number of hydrogen-bond donors (Lipinski definition) is 1. The summed E-state index contributed by atoms with van der Waals surface area (Å²) >= 11 is 2.90. The van der Waals surface area contributed by atoms with Crippen LogP contribution < -0.4 is 4.90 Å². The summed E-state index contributed by atoms with van der Waals surface area (Å²) in [5, 5.41) is 17.5. The molecule has 1 saturated heterocycles. The molecule has 92 valence electrons. The van der Waals surface area contributed by atoms with Crippen LogP contribution >= 0.6 is 23.1 Å². The Hall–Kier alpha value is -1.60. The molecule has 1 aliphatic rings. The average Bonchev–Trinajstić information content (AvgIpc) is 2.99. The SMILES string of the molecule is O=C1CS[C@H](c2ccc(O)cc2)N1c1nncs1. The third-order valence-electron chi connectivity index (χ3n) is 2.60. The Bertz CT molecular complexity index is 556. The van der Waals surface area contributed by atoms with E-state index < -0.39 is 0 Å². The van der Waals surface area contributed by atoms with E-state index in [1.807, 2.05) is 12.1 Å². The third-order valence-corrected chi connectivity index (χ3v) is 4.50. The fourth-order valence-electron chi connectivity index (χ4n) is 1.79.